The van der Waals surface area contributed by atoms with Gasteiger partial charge in [0.2, 0.25) is 5.91 Å². The summed E-state index contributed by atoms with van der Waals surface area (Å²) in [5.74, 6) is -0.735. The second-order valence-electron chi connectivity index (χ2n) is 12.5. The van der Waals surface area contributed by atoms with E-state index in [-0.39, 0.29) is 17.7 Å². The first kappa shape index (κ1) is 34.8. The van der Waals surface area contributed by atoms with Crippen molar-refractivity contribution in [2.24, 2.45) is 5.92 Å². The summed E-state index contributed by atoms with van der Waals surface area (Å²) in [6, 6.07) is 11.9. The maximum absolute atomic E-state index is 14.6. The van der Waals surface area contributed by atoms with Crippen LogP contribution < -0.4 is 10.6 Å². The maximum Gasteiger partial charge on any atom is 0.408 e. The van der Waals surface area contributed by atoms with E-state index in [4.69, 9.17) is 4.74 Å². The lowest BCUT2D eigenvalue weighted by Gasteiger charge is -2.36. The van der Waals surface area contributed by atoms with Gasteiger partial charge in [-0.2, -0.15) is 0 Å². The number of unbranched alkanes of at least 4 members (excludes halogenated alkanes) is 4. The van der Waals surface area contributed by atoms with E-state index in [9.17, 15) is 14.4 Å². The van der Waals surface area contributed by atoms with Gasteiger partial charge >= 0.3 is 6.09 Å². The highest BCUT2D eigenvalue weighted by Gasteiger charge is 2.38. The van der Waals surface area contributed by atoms with Gasteiger partial charge in [-0.05, 0) is 76.6 Å². The fourth-order valence-electron chi connectivity index (χ4n) is 5.05. The van der Waals surface area contributed by atoms with E-state index in [0.29, 0.717) is 18.7 Å². The zero-order valence-electron chi connectivity index (χ0n) is 27.3. The number of hydrogen-bond donors (Lipinski definition) is 2. The first-order valence-corrected chi connectivity index (χ1v) is 15.5. The van der Waals surface area contributed by atoms with Crippen LogP contribution in [0.1, 0.15) is 108 Å². The largest absolute Gasteiger partial charge is 0.444 e. The van der Waals surface area contributed by atoms with Gasteiger partial charge in [0.25, 0.3) is 5.91 Å². The molecule has 0 saturated heterocycles. The molecular weight excluding hydrogens is 526 g/mol. The van der Waals surface area contributed by atoms with Crippen LogP contribution in [-0.2, 0) is 14.3 Å². The van der Waals surface area contributed by atoms with Gasteiger partial charge in [0.05, 0.1) is 0 Å². The highest BCUT2D eigenvalue weighted by Crippen LogP contribution is 2.30. The van der Waals surface area contributed by atoms with Crippen molar-refractivity contribution in [2.75, 3.05) is 11.9 Å². The van der Waals surface area contributed by atoms with Gasteiger partial charge in [-0.15, -0.1) is 0 Å². The number of alkyl carbamates (subject to hydrolysis) is 1. The van der Waals surface area contributed by atoms with E-state index in [2.05, 4.69) is 17.6 Å². The number of nitrogens with one attached hydrogen (secondary N) is 2. The first-order valence-electron chi connectivity index (χ1n) is 15.5. The van der Waals surface area contributed by atoms with E-state index in [1.807, 2.05) is 77.1 Å². The lowest BCUT2D eigenvalue weighted by atomic mass is 9.93. The lowest BCUT2D eigenvalue weighted by Crippen LogP contribution is -2.55. The molecule has 0 radical (unpaired) electrons. The number of ether oxygens (including phenoxy) is 1. The minimum Gasteiger partial charge on any atom is -0.444 e. The van der Waals surface area contributed by atoms with Crippen LogP contribution in [0.3, 0.4) is 0 Å². The van der Waals surface area contributed by atoms with E-state index < -0.39 is 23.8 Å². The average Bonchev–Trinajstić information content (AvgIpc) is 2.91. The minimum absolute atomic E-state index is 0.174. The van der Waals surface area contributed by atoms with Crippen LogP contribution in [0.5, 0.6) is 0 Å². The number of aryl methyl sites for hydroxylation is 3. The summed E-state index contributed by atoms with van der Waals surface area (Å²) in [5.41, 5.74) is 3.72. The normalized spacial score (nSPS) is 13.5. The molecule has 0 heterocycles. The summed E-state index contributed by atoms with van der Waals surface area (Å²) in [7, 11) is 0. The molecule has 2 aromatic carbocycles. The fourth-order valence-corrected chi connectivity index (χ4v) is 5.05. The molecule has 0 aliphatic carbocycles. The van der Waals surface area contributed by atoms with Crippen molar-refractivity contribution in [1.82, 2.24) is 10.2 Å². The van der Waals surface area contributed by atoms with Crippen molar-refractivity contribution >= 4 is 23.6 Å². The number of nitrogens with zero attached hydrogens (tertiary/aromatic N) is 1. The monoisotopic (exact) mass is 579 g/mol. The zero-order chi connectivity index (χ0) is 31.4. The molecule has 7 nitrogen and oxygen atoms in total. The summed E-state index contributed by atoms with van der Waals surface area (Å²) >= 11 is 0. The second-order valence-corrected chi connectivity index (χ2v) is 12.5. The number of amides is 3. The van der Waals surface area contributed by atoms with Crippen molar-refractivity contribution in [3.8, 4) is 0 Å². The summed E-state index contributed by atoms with van der Waals surface area (Å²) in [5, 5.41) is 5.96. The molecule has 2 aromatic rings. The van der Waals surface area contributed by atoms with Gasteiger partial charge in [-0.3, -0.25) is 9.59 Å². The van der Waals surface area contributed by atoms with Gasteiger partial charge < -0.3 is 20.3 Å². The molecule has 7 heteroatoms. The van der Waals surface area contributed by atoms with Crippen molar-refractivity contribution < 1.29 is 19.1 Å². The van der Waals surface area contributed by atoms with Crippen LogP contribution in [0.25, 0.3) is 0 Å². The van der Waals surface area contributed by atoms with E-state index in [1.165, 1.54) is 0 Å². The van der Waals surface area contributed by atoms with Gasteiger partial charge in [-0.1, -0.05) is 94.8 Å². The zero-order valence-corrected chi connectivity index (χ0v) is 27.3. The number of benzene rings is 2. The Bertz CT molecular complexity index is 1190. The van der Waals surface area contributed by atoms with E-state index >= 15 is 0 Å². The number of para-hydroxylation sites is 1. The highest BCUT2D eigenvalue weighted by atomic mass is 16.6. The van der Waals surface area contributed by atoms with Crippen molar-refractivity contribution in [3.05, 3.63) is 64.7 Å². The molecule has 42 heavy (non-hydrogen) atoms. The molecule has 0 aliphatic heterocycles. The molecule has 0 saturated carbocycles. The number of carbonyl (C=O) groups excluding carboxylic acids is 3. The van der Waals surface area contributed by atoms with Crippen LogP contribution in [0.4, 0.5) is 10.5 Å². The second kappa shape index (κ2) is 16.3. The highest BCUT2D eigenvalue weighted by molar-refractivity contribution is 5.99. The third-order valence-electron chi connectivity index (χ3n) is 7.62. The first-order chi connectivity index (χ1) is 19.8. The Morgan fingerprint density at radius 3 is 2.17 bits per heavy atom. The molecule has 2 rings (SSSR count). The molecule has 2 N–H and O–H groups in total. The Labute approximate surface area is 253 Å². The molecule has 0 bridgehead atoms. The molecule has 3 amide bonds. The SMILES string of the molecule is CCCCCCCN(C(=O)C(NC(=O)OC(C)(C)C)C(C)CC)C(C(=O)Nc1ccccc1C)c1ccc(C)cc1C. The maximum atomic E-state index is 14.6. The van der Waals surface area contributed by atoms with Crippen LogP contribution in [-0.4, -0.2) is 41.0 Å². The van der Waals surface area contributed by atoms with E-state index in [0.717, 1.165) is 54.4 Å². The third kappa shape index (κ3) is 10.5. The Kier molecular flexibility index (Phi) is 13.5. The molecule has 0 aliphatic rings. The average molecular weight is 580 g/mol. The van der Waals surface area contributed by atoms with Crippen LogP contribution in [0.15, 0.2) is 42.5 Å². The molecule has 0 fully saturated rings. The lowest BCUT2D eigenvalue weighted by molar-refractivity contribution is -0.142. The molecular formula is C35H53N3O4. The third-order valence-corrected chi connectivity index (χ3v) is 7.62. The van der Waals surface area contributed by atoms with Crippen molar-refractivity contribution in [3.63, 3.8) is 0 Å². The molecule has 0 aromatic heterocycles. The summed E-state index contributed by atoms with van der Waals surface area (Å²) < 4.78 is 5.54. The summed E-state index contributed by atoms with van der Waals surface area (Å²) in [6.45, 7) is 17.8. The standard InChI is InChI=1S/C35H53N3O4/c1-10-12-13-14-17-22-38(33(40)30(25(4)11-2)37-34(41)42-35(7,8)9)31(28-21-20-24(3)23-27(28)6)32(39)36-29-19-16-15-18-26(29)5/h15-16,18-21,23,25,30-31H,10-14,17,22H2,1-9H3,(H,36,39)(H,37,41). The van der Waals surface area contributed by atoms with Crippen LogP contribution in [0.2, 0.25) is 0 Å². The predicted octanol–water partition coefficient (Wildman–Crippen LogP) is 8.03. The minimum atomic E-state index is -0.879. The quantitative estimate of drug-likeness (QED) is 0.222. The Hall–Kier alpha value is -3.35. The van der Waals surface area contributed by atoms with Crippen molar-refractivity contribution in [1.29, 1.82) is 0 Å². The van der Waals surface area contributed by atoms with E-state index in [1.54, 1.807) is 25.7 Å². The Morgan fingerprint density at radius 2 is 1.57 bits per heavy atom. The molecule has 232 valence electrons. The summed E-state index contributed by atoms with van der Waals surface area (Å²) in [6.07, 6.45) is 5.03. The van der Waals surface area contributed by atoms with Gasteiger partial charge in [0.15, 0.2) is 0 Å². The number of carbonyl (C=O) groups is 3. The van der Waals surface area contributed by atoms with Gasteiger partial charge in [-0.25, -0.2) is 4.79 Å². The van der Waals surface area contributed by atoms with Crippen LogP contribution in [0, 0.1) is 26.7 Å². The smallest absolute Gasteiger partial charge is 0.408 e. The number of rotatable bonds is 14. The predicted molar refractivity (Wildman–Crippen MR) is 172 cm³/mol. The number of anilines is 1. The Morgan fingerprint density at radius 1 is 0.905 bits per heavy atom. The van der Waals surface area contributed by atoms with Crippen molar-refractivity contribution in [2.45, 2.75) is 119 Å². The Balaban J connectivity index is 2.60. The number of hydrogen-bond acceptors (Lipinski definition) is 4. The van der Waals surface area contributed by atoms with Crippen LogP contribution >= 0.6 is 0 Å². The van der Waals surface area contributed by atoms with Gasteiger partial charge in [0, 0.05) is 12.2 Å². The topological polar surface area (TPSA) is 87.7 Å². The molecule has 0 spiro atoms. The molecule has 3 atom stereocenters. The molecule has 3 unspecified atom stereocenters. The summed E-state index contributed by atoms with van der Waals surface area (Å²) in [4.78, 5) is 43.4. The van der Waals surface area contributed by atoms with Gasteiger partial charge in [0.1, 0.15) is 17.7 Å². The fraction of sp³-hybridized carbons (Fsp3) is 0.571.